The molecule has 4 aromatic rings. The SMILES string of the molecule is COc1ccc([Si](C)(C)[C@@H]2[C@@H](CC(=O)N3Cc4ccccc4C[C@H]3CO)O[C@]3(C(=O)N(Cc4cccc(N5CCCCC5=O)c4)c4ccc(N5CCCCC5=O)cc43)[C@H]2C)cc1. The van der Waals surface area contributed by atoms with E-state index >= 15 is 4.79 Å². The highest BCUT2D eigenvalue weighted by atomic mass is 28.3. The predicted octanol–water partition coefficient (Wildman–Crippen LogP) is 6.83. The van der Waals surface area contributed by atoms with Crippen LogP contribution in [0.25, 0.3) is 0 Å². The number of carbonyl (C=O) groups excluding carboxylic acids is 4. The van der Waals surface area contributed by atoms with Crippen LogP contribution in [0.5, 0.6) is 5.75 Å². The maximum atomic E-state index is 15.8. The van der Waals surface area contributed by atoms with E-state index in [1.54, 1.807) is 12.0 Å². The molecule has 9 rings (SSSR count). The summed E-state index contributed by atoms with van der Waals surface area (Å²) < 4.78 is 13.0. The van der Waals surface area contributed by atoms with Crippen LogP contribution in [0, 0.1) is 5.92 Å². The summed E-state index contributed by atoms with van der Waals surface area (Å²) in [6.07, 6.45) is 4.54. The molecule has 1 N–H and O–H groups in total. The molecule has 0 bridgehead atoms. The van der Waals surface area contributed by atoms with Crippen molar-refractivity contribution in [3.63, 3.8) is 0 Å². The third kappa shape index (κ3) is 7.23. The summed E-state index contributed by atoms with van der Waals surface area (Å²) >= 11 is 0. The Hall–Kier alpha value is -5.30. The quantitative estimate of drug-likeness (QED) is 0.174. The molecule has 3 fully saturated rings. The van der Waals surface area contributed by atoms with Crippen molar-refractivity contribution in [1.29, 1.82) is 0 Å². The van der Waals surface area contributed by atoms with Crippen LogP contribution in [0.1, 0.15) is 74.1 Å². The van der Waals surface area contributed by atoms with Crippen molar-refractivity contribution in [2.75, 3.05) is 41.5 Å². The lowest BCUT2D eigenvalue weighted by atomic mass is 9.82. The van der Waals surface area contributed by atoms with Crippen LogP contribution in [0.15, 0.2) is 91.0 Å². The number of rotatable bonds is 10. The summed E-state index contributed by atoms with van der Waals surface area (Å²) in [5, 5.41) is 11.8. The average Bonchev–Trinajstić information content (AvgIpc) is 3.71. The molecule has 62 heavy (non-hydrogen) atoms. The molecule has 5 heterocycles. The van der Waals surface area contributed by atoms with E-state index in [2.05, 4.69) is 38.2 Å². The fraction of sp³-hybridized carbons (Fsp3) is 0.440. The topological polar surface area (TPSA) is 120 Å². The van der Waals surface area contributed by atoms with Crippen molar-refractivity contribution in [3.05, 3.63) is 113 Å². The van der Waals surface area contributed by atoms with E-state index < -0.39 is 19.8 Å². The van der Waals surface area contributed by atoms with E-state index in [4.69, 9.17) is 9.47 Å². The molecule has 4 aromatic carbocycles. The lowest BCUT2D eigenvalue weighted by molar-refractivity contribution is -0.151. The number of hydrogen-bond donors (Lipinski definition) is 1. The fourth-order valence-electron chi connectivity index (χ4n) is 11.3. The van der Waals surface area contributed by atoms with Crippen molar-refractivity contribution in [2.24, 2.45) is 5.92 Å². The number of nitrogens with zero attached hydrogens (tertiary/aromatic N) is 4. The lowest BCUT2D eigenvalue weighted by Gasteiger charge is -2.39. The number of ether oxygens (including phenoxy) is 2. The second-order valence-electron chi connectivity index (χ2n) is 18.5. The molecule has 5 aliphatic heterocycles. The highest BCUT2D eigenvalue weighted by molar-refractivity contribution is 6.91. The van der Waals surface area contributed by atoms with Gasteiger partial charge in [0.05, 0.1) is 52.6 Å². The monoisotopic (exact) mass is 854 g/mol. The highest BCUT2D eigenvalue weighted by Gasteiger charge is 2.66. The molecule has 0 aliphatic carbocycles. The second-order valence-corrected chi connectivity index (χ2v) is 23.1. The Balaban J connectivity index is 1.14. The average molecular weight is 855 g/mol. The van der Waals surface area contributed by atoms with Gasteiger partial charge in [0, 0.05) is 55.3 Å². The van der Waals surface area contributed by atoms with E-state index in [0.717, 1.165) is 70.4 Å². The number of piperidine rings is 2. The highest BCUT2D eigenvalue weighted by Crippen LogP contribution is 2.61. The van der Waals surface area contributed by atoms with Crippen LogP contribution in [0.4, 0.5) is 17.1 Å². The van der Waals surface area contributed by atoms with Gasteiger partial charge in [-0.3, -0.25) is 19.2 Å². The van der Waals surface area contributed by atoms with Gasteiger partial charge in [-0.15, -0.1) is 0 Å². The van der Waals surface area contributed by atoms with Gasteiger partial charge >= 0.3 is 0 Å². The number of methoxy groups -OCH3 is 1. The maximum absolute atomic E-state index is 15.8. The molecule has 5 atom stereocenters. The second kappa shape index (κ2) is 16.8. The largest absolute Gasteiger partial charge is 0.497 e. The standard InChI is InChI=1S/C50H58N4O7Si/c1-33-48(62(3,4)41-21-19-40(60-2)20-22-41)44(29-47(58)53-31-36-14-6-5-13-35(36)27-39(53)32-55)61-50(33)42-28-38(52-25-10-8-17-46(52)57)18-23-43(42)54(49(50)59)30-34-12-11-15-37(26-34)51-24-9-7-16-45(51)56/h5-6,11-15,18-23,26,28,33,39,44,48,55H,7-10,16-17,24-25,27,29-32H2,1-4H3/t33-,39-,44+,48-,50+/m0/s1. The zero-order chi connectivity index (χ0) is 43.3. The zero-order valence-corrected chi connectivity index (χ0v) is 37.3. The van der Waals surface area contributed by atoms with Gasteiger partial charge < -0.3 is 34.2 Å². The van der Waals surface area contributed by atoms with Gasteiger partial charge in [-0.2, -0.15) is 0 Å². The molecule has 0 saturated carbocycles. The molecule has 1 spiro atoms. The number of aliphatic hydroxyl groups is 1. The van der Waals surface area contributed by atoms with E-state index in [9.17, 15) is 19.5 Å². The van der Waals surface area contributed by atoms with E-state index in [1.807, 2.05) is 87.5 Å². The smallest absolute Gasteiger partial charge is 0.264 e. The Morgan fingerprint density at radius 1 is 0.839 bits per heavy atom. The molecule has 12 heteroatoms. The van der Waals surface area contributed by atoms with Gasteiger partial charge in [-0.05, 0) is 96.8 Å². The molecule has 0 aromatic heterocycles. The van der Waals surface area contributed by atoms with Crippen LogP contribution in [-0.2, 0) is 49.0 Å². The first-order valence-electron chi connectivity index (χ1n) is 22.4. The fourth-order valence-corrected chi connectivity index (χ4v) is 15.3. The Morgan fingerprint density at radius 2 is 1.52 bits per heavy atom. The van der Waals surface area contributed by atoms with Crippen LogP contribution in [-0.4, -0.2) is 80.7 Å². The van der Waals surface area contributed by atoms with Crippen molar-refractivity contribution in [1.82, 2.24) is 4.90 Å². The van der Waals surface area contributed by atoms with Gasteiger partial charge in [0.25, 0.3) is 5.91 Å². The first-order valence-corrected chi connectivity index (χ1v) is 25.5. The summed E-state index contributed by atoms with van der Waals surface area (Å²) in [6.45, 7) is 8.47. The lowest BCUT2D eigenvalue weighted by Crippen LogP contribution is -2.52. The number of fused-ring (bicyclic) bond motifs is 3. The van der Waals surface area contributed by atoms with Crippen LogP contribution in [0.3, 0.4) is 0 Å². The first kappa shape index (κ1) is 42.0. The van der Waals surface area contributed by atoms with E-state index in [-0.39, 0.29) is 60.7 Å². The van der Waals surface area contributed by atoms with Gasteiger partial charge in [0.15, 0.2) is 5.60 Å². The van der Waals surface area contributed by atoms with Crippen molar-refractivity contribution < 1.29 is 33.8 Å². The summed E-state index contributed by atoms with van der Waals surface area (Å²) in [7, 11) is -0.960. The third-order valence-electron chi connectivity index (χ3n) is 14.6. The molecular formula is C50H58N4O7Si. The molecule has 3 saturated heterocycles. The van der Waals surface area contributed by atoms with Crippen molar-refractivity contribution >= 4 is 54.0 Å². The van der Waals surface area contributed by atoms with Gasteiger partial charge in [-0.1, -0.05) is 73.7 Å². The predicted molar refractivity (Wildman–Crippen MR) is 242 cm³/mol. The molecule has 0 radical (unpaired) electrons. The Labute approximate surface area is 365 Å². The number of carbonyl (C=O) groups is 4. The van der Waals surface area contributed by atoms with Crippen molar-refractivity contribution in [2.45, 2.75) is 108 Å². The summed E-state index contributed by atoms with van der Waals surface area (Å²) in [5.74, 6) is 0.240. The minimum absolute atomic E-state index is 0.0425. The summed E-state index contributed by atoms with van der Waals surface area (Å²) in [6, 6.07) is 29.7. The van der Waals surface area contributed by atoms with E-state index in [1.165, 1.54) is 0 Å². The zero-order valence-electron chi connectivity index (χ0n) is 36.3. The molecule has 5 aliphatic rings. The normalized spacial score (nSPS) is 25.1. The molecule has 11 nitrogen and oxygen atoms in total. The Morgan fingerprint density at radius 3 is 2.18 bits per heavy atom. The van der Waals surface area contributed by atoms with Crippen LogP contribution >= 0.6 is 0 Å². The number of aliphatic hydroxyl groups excluding tert-OH is 1. The van der Waals surface area contributed by atoms with E-state index in [0.29, 0.717) is 44.5 Å². The first-order chi connectivity index (χ1) is 29.9. The molecular weight excluding hydrogens is 797 g/mol. The maximum Gasteiger partial charge on any atom is 0.264 e. The Bertz CT molecular complexity index is 2390. The number of anilines is 3. The summed E-state index contributed by atoms with van der Waals surface area (Å²) in [5.41, 5.74) is 4.43. The number of amides is 4. The van der Waals surface area contributed by atoms with Crippen molar-refractivity contribution in [3.8, 4) is 5.75 Å². The molecule has 4 amide bonds. The summed E-state index contributed by atoms with van der Waals surface area (Å²) in [4.78, 5) is 64.3. The van der Waals surface area contributed by atoms with Crippen LogP contribution in [0.2, 0.25) is 18.6 Å². The Kier molecular flexibility index (Phi) is 11.4. The van der Waals surface area contributed by atoms with Gasteiger partial charge in [0.1, 0.15) is 5.75 Å². The van der Waals surface area contributed by atoms with Gasteiger partial charge in [0.2, 0.25) is 17.7 Å². The molecule has 324 valence electrons. The van der Waals surface area contributed by atoms with Gasteiger partial charge in [-0.25, -0.2) is 0 Å². The minimum atomic E-state index is -2.61. The minimum Gasteiger partial charge on any atom is -0.497 e. The third-order valence-corrected chi connectivity index (χ3v) is 19.0. The number of hydrogen-bond acceptors (Lipinski definition) is 7. The number of benzene rings is 4. The molecule has 0 unspecified atom stereocenters. The van der Waals surface area contributed by atoms with Crippen LogP contribution < -0.4 is 24.6 Å².